The molecule has 3 nitrogen and oxygen atoms in total. The van der Waals surface area contributed by atoms with E-state index in [0.717, 1.165) is 31.0 Å². The molecule has 0 radical (unpaired) electrons. The third-order valence-corrected chi connectivity index (χ3v) is 3.63. The molecular formula is C14H18N2O. The van der Waals surface area contributed by atoms with Crippen molar-refractivity contribution in [2.24, 2.45) is 5.92 Å². The van der Waals surface area contributed by atoms with Gasteiger partial charge in [-0.3, -0.25) is 4.79 Å². The van der Waals surface area contributed by atoms with Crippen LogP contribution in [0.15, 0.2) is 24.3 Å². The Hall–Kier alpha value is -1.35. The number of fused-ring (bicyclic) bond motifs is 1. The van der Waals surface area contributed by atoms with Gasteiger partial charge in [-0.25, -0.2) is 0 Å². The summed E-state index contributed by atoms with van der Waals surface area (Å²) in [6, 6.07) is 8.08. The molecule has 1 aliphatic heterocycles. The van der Waals surface area contributed by atoms with E-state index in [1.54, 1.807) is 0 Å². The van der Waals surface area contributed by atoms with E-state index < -0.39 is 0 Å². The maximum atomic E-state index is 12.1. The van der Waals surface area contributed by atoms with Gasteiger partial charge in [0.1, 0.15) is 6.04 Å². The van der Waals surface area contributed by atoms with Crippen LogP contribution in [0.3, 0.4) is 0 Å². The van der Waals surface area contributed by atoms with Gasteiger partial charge in [0, 0.05) is 13.1 Å². The van der Waals surface area contributed by atoms with E-state index in [9.17, 15) is 4.79 Å². The molecule has 2 N–H and O–H groups in total. The summed E-state index contributed by atoms with van der Waals surface area (Å²) in [6.07, 6.45) is 3.56. The second-order valence-electron chi connectivity index (χ2n) is 5.02. The fourth-order valence-electron chi connectivity index (χ4n) is 2.41. The van der Waals surface area contributed by atoms with Crippen LogP contribution in [0, 0.1) is 5.92 Å². The quantitative estimate of drug-likeness (QED) is 0.824. The van der Waals surface area contributed by atoms with E-state index in [-0.39, 0.29) is 11.9 Å². The molecule has 0 saturated heterocycles. The van der Waals surface area contributed by atoms with Crippen molar-refractivity contribution in [1.82, 2.24) is 10.6 Å². The molecule has 0 bridgehead atoms. The Labute approximate surface area is 102 Å². The van der Waals surface area contributed by atoms with Crippen molar-refractivity contribution in [2.75, 3.05) is 13.1 Å². The van der Waals surface area contributed by atoms with Crippen LogP contribution < -0.4 is 10.6 Å². The van der Waals surface area contributed by atoms with Crippen LogP contribution in [0.5, 0.6) is 0 Å². The van der Waals surface area contributed by atoms with Gasteiger partial charge in [-0.1, -0.05) is 24.3 Å². The highest BCUT2D eigenvalue weighted by Crippen LogP contribution is 2.28. The maximum absolute atomic E-state index is 12.1. The Kier molecular flexibility index (Phi) is 2.85. The van der Waals surface area contributed by atoms with E-state index in [0.29, 0.717) is 0 Å². The molecule has 2 aliphatic rings. The number of nitrogens with one attached hydrogen (secondary N) is 2. The lowest BCUT2D eigenvalue weighted by atomic mass is 9.94. The summed E-state index contributed by atoms with van der Waals surface area (Å²) in [6.45, 7) is 1.73. The molecule has 90 valence electrons. The van der Waals surface area contributed by atoms with Gasteiger partial charge < -0.3 is 10.6 Å². The van der Waals surface area contributed by atoms with Crippen molar-refractivity contribution in [3.05, 3.63) is 35.4 Å². The van der Waals surface area contributed by atoms with E-state index >= 15 is 0 Å². The van der Waals surface area contributed by atoms with Crippen molar-refractivity contribution in [3.63, 3.8) is 0 Å². The molecule has 17 heavy (non-hydrogen) atoms. The number of hydrogen-bond donors (Lipinski definition) is 2. The minimum Gasteiger partial charge on any atom is -0.354 e. The Morgan fingerprint density at radius 1 is 1.35 bits per heavy atom. The van der Waals surface area contributed by atoms with E-state index in [1.807, 2.05) is 12.1 Å². The monoisotopic (exact) mass is 230 g/mol. The molecule has 0 aromatic heterocycles. The van der Waals surface area contributed by atoms with Crippen LogP contribution in [-0.2, 0) is 11.2 Å². The molecule has 1 aliphatic carbocycles. The van der Waals surface area contributed by atoms with E-state index in [4.69, 9.17) is 0 Å². The van der Waals surface area contributed by atoms with Gasteiger partial charge >= 0.3 is 0 Å². The standard InChI is InChI=1S/C14H18N2O/c17-14(16-9-10-5-6-10)13-12-4-2-1-3-11(12)7-8-15-13/h1-4,10,13,15H,5-9H2,(H,16,17). The molecule has 1 fully saturated rings. The first kappa shape index (κ1) is 10.8. The predicted octanol–water partition coefficient (Wildman–Crippen LogP) is 1.40. The lowest BCUT2D eigenvalue weighted by molar-refractivity contribution is -0.123. The highest BCUT2D eigenvalue weighted by atomic mass is 16.2. The number of carbonyl (C=O) groups is 1. The Balaban J connectivity index is 1.72. The number of benzene rings is 1. The fourth-order valence-corrected chi connectivity index (χ4v) is 2.41. The normalized spacial score (nSPS) is 22.9. The SMILES string of the molecule is O=C(NCC1CC1)C1NCCc2ccccc21. The number of carbonyl (C=O) groups excluding carboxylic acids is 1. The lowest BCUT2D eigenvalue weighted by Gasteiger charge is -2.26. The first-order valence-electron chi connectivity index (χ1n) is 6.43. The average Bonchev–Trinajstić information content (AvgIpc) is 3.19. The van der Waals surface area contributed by atoms with Crippen LogP contribution in [0.4, 0.5) is 0 Å². The Morgan fingerprint density at radius 3 is 3.00 bits per heavy atom. The van der Waals surface area contributed by atoms with Crippen LogP contribution >= 0.6 is 0 Å². The molecule has 1 aromatic carbocycles. The molecule has 0 spiro atoms. The van der Waals surface area contributed by atoms with E-state index in [1.165, 1.54) is 18.4 Å². The first-order chi connectivity index (χ1) is 8.34. The summed E-state index contributed by atoms with van der Waals surface area (Å²) < 4.78 is 0. The minimum absolute atomic E-state index is 0.129. The van der Waals surface area contributed by atoms with Crippen molar-refractivity contribution < 1.29 is 4.79 Å². The average molecular weight is 230 g/mol. The largest absolute Gasteiger partial charge is 0.354 e. The van der Waals surface area contributed by atoms with Crippen molar-refractivity contribution in [1.29, 1.82) is 0 Å². The highest BCUT2D eigenvalue weighted by molar-refractivity contribution is 5.83. The molecule has 1 aromatic rings. The first-order valence-corrected chi connectivity index (χ1v) is 6.43. The molecule has 1 atom stereocenters. The van der Waals surface area contributed by atoms with Crippen molar-refractivity contribution >= 4 is 5.91 Å². The van der Waals surface area contributed by atoms with Gasteiger partial charge in [-0.15, -0.1) is 0 Å². The minimum atomic E-state index is -0.154. The number of amides is 1. The van der Waals surface area contributed by atoms with Gasteiger partial charge in [0.05, 0.1) is 0 Å². The summed E-state index contributed by atoms with van der Waals surface area (Å²) in [5.74, 6) is 0.863. The van der Waals surface area contributed by atoms with Gasteiger partial charge in [-0.05, 0) is 36.3 Å². The zero-order valence-corrected chi connectivity index (χ0v) is 9.91. The topological polar surface area (TPSA) is 41.1 Å². The Morgan fingerprint density at radius 2 is 2.18 bits per heavy atom. The highest BCUT2D eigenvalue weighted by Gasteiger charge is 2.27. The number of rotatable bonds is 3. The molecule has 1 unspecified atom stereocenters. The van der Waals surface area contributed by atoms with Crippen LogP contribution in [0.2, 0.25) is 0 Å². The summed E-state index contributed by atoms with van der Waals surface area (Å²) in [5, 5.41) is 6.36. The second kappa shape index (κ2) is 4.49. The third kappa shape index (κ3) is 2.34. The molecular weight excluding hydrogens is 212 g/mol. The number of hydrogen-bond acceptors (Lipinski definition) is 2. The summed E-state index contributed by atoms with van der Waals surface area (Å²) in [5.41, 5.74) is 2.45. The summed E-state index contributed by atoms with van der Waals surface area (Å²) >= 11 is 0. The molecule has 1 heterocycles. The zero-order valence-electron chi connectivity index (χ0n) is 9.91. The molecule has 3 rings (SSSR count). The predicted molar refractivity (Wildman–Crippen MR) is 66.6 cm³/mol. The van der Waals surface area contributed by atoms with Gasteiger partial charge in [0.2, 0.25) is 5.91 Å². The Bertz CT molecular complexity index is 426. The van der Waals surface area contributed by atoms with Gasteiger partial charge in [0.25, 0.3) is 0 Å². The molecule has 1 amide bonds. The zero-order chi connectivity index (χ0) is 11.7. The van der Waals surface area contributed by atoms with Crippen molar-refractivity contribution in [3.8, 4) is 0 Å². The van der Waals surface area contributed by atoms with Crippen LogP contribution in [0.1, 0.15) is 30.0 Å². The molecule has 3 heteroatoms. The fraction of sp³-hybridized carbons (Fsp3) is 0.500. The van der Waals surface area contributed by atoms with Crippen molar-refractivity contribution in [2.45, 2.75) is 25.3 Å². The summed E-state index contributed by atoms with van der Waals surface area (Å²) in [7, 11) is 0. The summed E-state index contributed by atoms with van der Waals surface area (Å²) in [4.78, 5) is 12.1. The molecule has 1 saturated carbocycles. The lowest BCUT2D eigenvalue weighted by Crippen LogP contribution is -2.41. The smallest absolute Gasteiger partial charge is 0.241 e. The third-order valence-electron chi connectivity index (χ3n) is 3.63. The van der Waals surface area contributed by atoms with E-state index in [2.05, 4.69) is 22.8 Å². The van der Waals surface area contributed by atoms with Crippen LogP contribution in [0.25, 0.3) is 0 Å². The van der Waals surface area contributed by atoms with Crippen LogP contribution in [-0.4, -0.2) is 19.0 Å². The van der Waals surface area contributed by atoms with Gasteiger partial charge in [-0.2, -0.15) is 0 Å². The van der Waals surface area contributed by atoms with Gasteiger partial charge in [0.15, 0.2) is 0 Å². The second-order valence-corrected chi connectivity index (χ2v) is 5.02. The maximum Gasteiger partial charge on any atom is 0.241 e.